The number of rotatable bonds is 6. The van der Waals surface area contributed by atoms with E-state index < -0.39 is 36.6 Å². The van der Waals surface area contributed by atoms with Crippen LogP contribution in [0.4, 0.5) is 0 Å². The van der Waals surface area contributed by atoms with Crippen LogP contribution in [0, 0.1) is 5.92 Å². The van der Waals surface area contributed by atoms with Crippen molar-refractivity contribution >= 4 is 14.2 Å². The molecule has 0 unspecified atom stereocenters. The molecule has 2 atom stereocenters. The Morgan fingerprint density at radius 3 is 1.81 bits per heavy atom. The average molecular weight is 508 g/mol. The van der Waals surface area contributed by atoms with Crippen LogP contribution in [-0.2, 0) is 34.5 Å². The van der Waals surface area contributed by atoms with Gasteiger partial charge in [-0.3, -0.25) is 0 Å². The summed E-state index contributed by atoms with van der Waals surface area (Å²) in [5.74, 6) is 0.299. The molecule has 0 radical (unpaired) electrons. The first-order valence-electron chi connectivity index (χ1n) is 13.5. The van der Waals surface area contributed by atoms with Gasteiger partial charge in [-0.2, -0.15) is 0 Å². The quantitative estimate of drug-likeness (QED) is 0.499. The third-order valence-corrected chi connectivity index (χ3v) is 9.61. The molecule has 0 bridgehead atoms. The van der Waals surface area contributed by atoms with Crippen molar-refractivity contribution in [3.63, 3.8) is 0 Å². The first-order valence-corrected chi connectivity index (χ1v) is 13.5. The minimum atomic E-state index is -0.550. The first-order chi connectivity index (χ1) is 17.2. The Hall–Kier alpha value is -1.41. The summed E-state index contributed by atoms with van der Waals surface area (Å²) in [6.07, 6.45) is 0.914. The fourth-order valence-corrected chi connectivity index (χ4v) is 6.23. The molecule has 8 heteroatoms. The van der Waals surface area contributed by atoms with E-state index in [0.717, 1.165) is 22.9 Å². The lowest BCUT2D eigenvalue weighted by Gasteiger charge is -2.37. The van der Waals surface area contributed by atoms with Crippen LogP contribution < -0.4 is 0 Å². The third kappa shape index (κ3) is 4.19. The molecule has 200 valence electrons. The number of fused-ring (bicyclic) bond motifs is 3. The van der Waals surface area contributed by atoms with E-state index in [-0.39, 0.29) is 11.8 Å². The molecular formula is C29H42B2O6. The Kier molecular flexibility index (Phi) is 6.66. The Labute approximate surface area is 223 Å². The number of ether oxygens (including phenoxy) is 2. The fraction of sp³-hybridized carbons (Fsp3) is 0.655. The van der Waals surface area contributed by atoms with E-state index >= 15 is 0 Å². The van der Waals surface area contributed by atoms with E-state index in [1.165, 1.54) is 16.7 Å². The Bertz CT molecular complexity index is 1100. The van der Waals surface area contributed by atoms with E-state index in [1.807, 2.05) is 0 Å². The predicted molar refractivity (Wildman–Crippen MR) is 146 cm³/mol. The topological polar surface area (TPSA) is 55.4 Å². The molecule has 4 aliphatic rings. The van der Waals surface area contributed by atoms with Gasteiger partial charge in [0, 0.05) is 20.1 Å². The molecular weight excluding hydrogens is 466 g/mol. The lowest BCUT2D eigenvalue weighted by atomic mass is 9.54. The molecule has 6 nitrogen and oxygen atoms in total. The number of benzene rings is 1. The summed E-state index contributed by atoms with van der Waals surface area (Å²) in [6.45, 7) is 17.7. The normalized spacial score (nSPS) is 29.2. The lowest BCUT2D eigenvalue weighted by Crippen LogP contribution is -2.41. The molecule has 1 aromatic carbocycles. The van der Waals surface area contributed by atoms with Gasteiger partial charge in [0.15, 0.2) is 0 Å². The summed E-state index contributed by atoms with van der Waals surface area (Å²) >= 11 is 0. The van der Waals surface area contributed by atoms with Gasteiger partial charge in [0.05, 0.1) is 35.6 Å². The van der Waals surface area contributed by atoms with Crippen molar-refractivity contribution in [1.82, 2.24) is 0 Å². The smallest absolute Gasteiger partial charge is 0.400 e. The highest BCUT2D eigenvalue weighted by molar-refractivity contribution is 6.59. The van der Waals surface area contributed by atoms with Crippen LogP contribution in [0.15, 0.2) is 46.4 Å². The maximum Gasteiger partial charge on any atom is 0.495 e. The number of hydrogen-bond acceptors (Lipinski definition) is 6. The zero-order valence-electron chi connectivity index (χ0n) is 24.2. The second-order valence-corrected chi connectivity index (χ2v) is 12.9. The largest absolute Gasteiger partial charge is 0.495 e. The van der Waals surface area contributed by atoms with Crippen molar-refractivity contribution in [3.05, 3.63) is 57.5 Å². The van der Waals surface area contributed by atoms with Crippen LogP contribution >= 0.6 is 0 Å². The second-order valence-electron chi connectivity index (χ2n) is 12.9. The minimum absolute atomic E-state index is 0.125. The molecule has 2 aliphatic heterocycles. The highest BCUT2D eigenvalue weighted by Gasteiger charge is 2.60. The highest BCUT2D eigenvalue weighted by Crippen LogP contribution is 2.55. The highest BCUT2D eigenvalue weighted by atomic mass is 16.7. The summed E-state index contributed by atoms with van der Waals surface area (Å²) in [7, 11) is 2.46. The van der Waals surface area contributed by atoms with Gasteiger partial charge in [-0.1, -0.05) is 24.3 Å². The van der Waals surface area contributed by atoms with Gasteiger partial charge in [0.1, 0.15) is 0 Å². The van der Waals surface area contributed by atoms with Gasteiger partial charge in [0.2, 0.25) is 0 Å². The summed E-state index contributed by atoms with van der Waals surface area (Å²) < 4.78 is 38.5. The molecule has 5 rings (SSSR count). The van der Waals surface area contributed by atoms with Crippen molar-refractivity contribution in [2.24, 2.45) is 5.92 Å². The predicted octanol–water partition coefficient (Wildman–Crippen LogP) is 5.10. The van der Waals surface area contributed by atoms with Crippen LogP contribution in [-0.4, -0.2) is 64.1 Å². The summed E-state index contributed by atoms with van der Waals surface area (Å²) in [5, 5.41) is 0. The fourth-order valence-electron chi connectivity index (χ4n) is 6.23. The maximum atomic E-state index is 6.70. The van der Waals surface area contributed by atoms with Gasteiger partial charge in [-0.05, 0) is 101 Å². The monoisotopic (exact) mass is 508 g/mol. The lowest BCUT2D eigenvalue weighted by molar-refractivity contribution is 0.00578. The molecule has 2 heterocycles. The van der Waals surface area contributed by atoms with Crippen molar-refractivity contribution < 1.29 is 28.1 Å². The van der Waals surface area contributed by atoms with Gasteiger partial charge < -0.3 is 28.1 Å². The SMILES string of the molecule is COCC1=C(B2OC(C)(C)C(C)(C)O2)[C@@H]2Cc3ccccc3[C@@H]2C(COC)=C1B1OC(C)(C)C(C)(C)O1. The zero-order chi connectivity index (χ0) is 27.0. The van der Waals surface area contributed by atoms with Crippen LogP contribution in [0.3, 0.4) is 0 Å². The van der Waals surface area contributed by atoms with E-state index in [1.54, 1.807) is 14.2 Å². The van der Waals surface area contributed by atoms with Gasteiger partial charge >= 0.3 is 14.2 Å². The third-order valence-electron chi connectivity index (χ3n) is 9.61. The molecule has 0 aromatic heterocycles. The molecule has 0 amide bonds. The standard InChI is InChI=1S/C29H42B2O6/c1-26(2)27(3,4)35-30(34-26)24-20-15-18-13-11-12-14-19(18)23(20)21(16-32-9)25(22(24)17-33-10)31-36-28(5,6)29(7,8)37-31/h11-14,20,23H,15-17H2,1-10H3/t20-,23+/m1/s1. The second kappa shape index (κ2) is 9.07. The molecule has 0 saturated carbocycles. The number of allylic oxidation sites excluding steroid dienone is 1. The summed E-state index contributed by atoms with van der Waals surface area (Å²) in [4.78, 5) is 0. The Morgan fingerprint density at radius 1 is 0.757 bits per heavy atom. The van der Waals surface area contributed by atoms with Crippen LogP contribution in [0.1, 0.15) is 72.4 Å². The molecule has 2 fully saturated rings. The molecule has 0 N–H and O–H groups in total. The van der Waals surface area contributed by atoms with Crippen LogP contribution in [0.2, 0.25) is 0 Å². The van der Waals surface area contributed by atoms with Crippen LogP contribution in [0.5, 0.6) is 0 Å². The van der Waals surface area contributed by atoms with E-state index in [9.17, 15) is 0 Å². The summed E-state index contributed by atoms with van der Waals surface area (Å²) in [5.41, 5.74) is 5.24. The minimum Gasteiger partial charge on any atom is -0.400 e. The zero-order valence-corrected chi connectivity index (χ0v) is 24.2. The summed E-state index contributed by atoms with van der Waals surface area (Å²) in [6, 6.07) is 8.74. The van der Waals surface area contributed by atoms with Gasteiger partial charge in [-0.15, -0.1) is 0 Å². The Morgan fingerprint density at radius 2 is 1.27 bits per heavy atom. The maximum absolute atomic E-state index is 6.70. The Balaban J connectivity index is 1.75. The van der Waals surface area contributed by atoms with Crippen LogP contribution in [0.25, 0.3) is 0 Å². The van der Waals surface area contributed by atoms with E-state index in [4.69, 9.17) is 28.1 Å². The van der Waals surface area contributed by atoms with Gasteiger partial charge in [-0.25, -0.2) is 0 Å². The molecule has 37 heavy (non-hydrogen) atoms. The van der Waals surface area contributed by atoms with E-state index in [2.05, 4.69) is 79.7 Å². The number of hydrogen-bond donors (Lipinski definition) is 0. The molecule has 2 saturated heterocycles. The van der Waals surface area contributed by atoms with Crippen molar-refractivity contribution in [1.29, 1.82) is 0 Å². The van der Waals surface area contributed by atoms with Gasteiger partial charge in [0.25, 0.3) is 0 Å². The molecule has 0 spiro atoms. The van der Waals surface area contributed by atoms with E-state index in [0.29, 0.717) is 13.2 Å². The molecule has 2 aliphatic carbocycles. The van der Waals surface area contributed by atoms with Crippen molar-refractivity contribution in [2.75, 3.05) is 27.4 Å². The van der Waals surface area contributed by atoms with Crippen molar-refractivity contribution in [2.45, 2.75) is 90.1 Å². The number of methoxy groups -OCH3 is 2. The molecule has 1 aromatic rings. The average Bonchev–Trinajstić information content (AvgIpc) is 3.34. The van der Waals surface area contributed by atoms with Crippen molar-refractivity contribution in [3.8, 4) is 0 Å². The first kappa shape index (κ1) is 27.2.